The van der Waals surface area contributed by atoms with E-state index in [1.807, 2.05) is 36.4 Å². The van der Waals surface area contributed by atoms with Crippen molar-refractivity contribution < 1.29 is 19.1 Å². The number of ether oxygens (including phenoxy) is 1. The second-order valence-electron chi connectivity index (χ2n) is 6.33. The van der Waals surface area contributed by atoms with Crippen LogP contribution in [-0.4, -0.2) is 42.8 Å². The summed E-state index contributed by atoms with van der Waals surface area (Å²) >= 11 is 0. The molecule has 1 aromatic carbocycles. The highest BCUT2D eigenvalue weighted by Crippen LogP contribution is 2.34. The maximum Gasteiger partial charge on any atom is 0.240 e. The SMILES string of the molecule is COc1ccccc1CCNC(=O)CN1C(=O)C2CC=CCC2C1=O. The van der Waals surface area contributed by atoms with E-state index in [9.17, 15) is 14.4 Å². The van der Waals surface area contributed by atoms with Crippen LogP contribution in [0.15, 0.2) is 36.4 Å². The van der Waals surface area contributed by atoms with Crippen molar-refractivity contribution in [3.63, 3.8) is 0 Å². The number of hydrogen-bond acceptors (Lipinski definition) is 4. The van der Waals surface area contributed by atoms with E-state index < -0.39 is 0 Å². The predicted octanol–water partition coefficient (Wildman–Crippen LogP) is 1.31. The Morgan fingerprint density at radius 3 is 2.44 bits per heavy atom. The van der Waals surface area contributed by atoms with Crippen molar-refractivity contribution in [1.82, 2.24) is 10.2 Å². The Kier molecular flexibility index (Phi) is 5.16. The van der Waals surface area contributed by atoms with E-state index in [1.165, 1.54) is 0 Å². The number of fused-ring (bicyclic) bond motifs is 1. The van der Waals surface area contributed by atoms with Crippen LogP contribution in [0.3, 0.4) is 0 Å². The molecule has 2 atom stereocenters. The Balaban J connectivity index is 1.51. The largest absolute Gasteiger partial charge is 0.496 e. The summed E-state index contributed by atoms with van der Waals surface area (Å²) in [5.74, 6) is -0.572. The fraction of sp³-hybridized carbons (Fsp3) is 0.421. The average molecular weight is 342 g/mol. The normalized spacial score (nSPS) is 22.0. The van der Waals surface area contributed by atoms with E-state index in [0.717, 1.165) is 16.2 Å². The standard InChI is InChI=1S/C19H22N2O4/c1-25-16-9-5-2-6-13(16)10-11-20-17(22)12-21-18(23)14-7-3-4-8-15(14)19(21)24/h2-6,9,14-15H,7-8,10-12H2,1H3,(H,20,22). The molecule has 0 radical (unpaired) electrons. The molecule has 3 rings (SSSR count). The quantitative estimate of drug-likeness (QED) is 0.625. The van der Waals surface area contributed by atoms with Gasteiger partial charge in [0, 0.05) is 6.54 Å². The molecule has 6 heteroatoms. The number of carbonyl (C=O) groups excluding carboxylic acids is 3. The predicted molar refractivity (Wildman–Crippen MR) is 91.8 cm³/mol. The van der Waals surface area contributed by atoms with E-state index in [-0.39, 0.29) is 36.1 Å². The van der Waals surface area contributed by atoms with Crippen LogP contribution < -0.4 is 10.1 Å². The minimum absolute atomic E-state index is 0.198. The fourth-order valence-electron chi connectivity index (χ4n) is 3.47. The van der Waals surface area contributed by atoms with Gasteiger partial charge in [-0.2, -0.15) is 0 Å². The summed E-state index contributed by atoms with van der Waals surface area (Å²) in [6, 6.07) is 7.61. The van der Waals surface area contributed by atoms with Crippen LogP contribution in [0.4, 0.5) is 0 Å². The third-order valence-corrected chi connectivity index (χ3v) is 4.81. The third kappa shape index (κ3) is 3.57. The molecule has 1 N–H and O–H groups in total. The molecule has 2 unspecified atom stereocenters. The minimum atomic E-state index is -0.316. The van der Waals surface area contributed by atoms with Crippen LogP contribution in [-0.2, 0) is 20.8 Å². The van der Waals surface area contributed by atoms with Crippen molar-refractivity contribution in [3.05, 3.63) is 42.0 Å². The van der Waals surface area contributed by atoms with E-state index in [1.54, 1.807) is 7.11 Å². The van der Waals surface area contributed by atoms with Gasteiger partial charge in [0.1, 0.15) is 12.3 Å². The van der Waals surface area contributed by atoms with Gasteiger partial charge in [0.05, 0.1) is 18.9 Å². The number of allylic oxidation sites excluding steroid dienone is 2. The molecule has 25 heavy (non-hydrogen) atoms. The molecule has 0 aromatic heterocycles. The Bertz CT molecular complexity index is 687. The molecule has 0 spiro atoms. The molecule has 1 fully saturated rings. The first kappa shape index (κ1) is 17.2. The lowest BCUT2D eigenvalue weighted by Gasteiger charge is -2.14. The number of methoxy groups -OCH3 is 1. The van der Waals surface area contributed by atoms with Gasteiger partial charge in [-0.3, -0.25) is 19.3 Å². The zero-order chi connectivity index (χ0) is 17.8. The van der Waals surface area contributed by atoms with Gasteiger partial charge in [-0.15, -0.1) is 0 Å². The Morgan fingerprint density at radius 2 is 1.80 bits per heavy atom. The van der Waals surface area contributed by atoms with Gasteiger partial charge in [-0.05, 0) is 30.9 Å². The molecule has 1 aliphatic heterocycles. The van der Waals surface area contributed by atoms with Crippen molar-refractivity contribution in [2.24, 2.45) is 11.8 Å². The van der Waals surface area contributed by atoms with Crippen LogP contribution in [0.25, 0.3) is 0 Å². The van der Waals surface area contributed by atoms with Crippen LogP contribution >= 0.6 is 0 Å². The fourth-order valence-corrected chi connectivity index (χ4v) is 3.47. The number of likely N-dealkylation sites (tertiary alicyclic amines) is 1. The molecule has 0 saturated carbocycles. The maximum atomic E-state index is 12.3. The van der Waals surface area contributed by atoms with Crippen LogP contribution in [0.2, 0.25) is 0 Å². The van der Waals surface area contributed by atoms with Crippen molar-refractivity contribution >= 4 is 17.7 Å². The summed E-state index contributed by atoms with van der Waals surface area (Å²) in [7, 11) is 1.61. The van der Waals surface area contributed by atoms with Crippen molar-refractivity contribution in [1.29, 1.82) is 0 Å². The Hall–Kier alpha value is -2.63. The third-order valence-electron chi connectivity index (χ3n) is 4.81. The molecule has 1 saturated heterocycles. The molecule has 1 aliphatic carbocycles. The number of rotatable bonds is 6. The second kappa shape index (κ2) is 7.51. The first-order valence-electron chi connectivity index (χ1n) is 8.50. The first-order valence-corrected chi connectivity index (χ1v) is 8.50. The van der Waals surface area contributed by atoms with Gasteiger partial charge in [0.15, 0.2) is 0 Å². The van der Waals surface area contributed by atoms with Crippen LogP contribution in [0.1, 0.15) is 18.4 Å². The van der Waals surface area contributed by atoms with Gasteiger partial charge in [0.2, 0.25) is 17.7 Å². The van der Waals surface area contributed by atoms with E-state index in [4.69, 9.17) is 4.74 Å². The summed E-state index contributed by atoms with van der Waals surface area (Å²) in [4.78, 5) is 37.9. The zero-order valence-corrected chi connectivity index (χ0v) is 14.2. The topological polar surface area (TPSA) is 75.7 Å². The van der Waals surface area contributed by atoms with Gasteiger partial charge in [0.25, 0.3) is 0 Å². The summed E-state index contributed by atoms with van der Waals surface area (Å²) in [5, 5.41) is 2.78. The molecule has 0 bridgehead atoms. The van der Waals surface area contributed by atoms with Gasteiger partial charge >= 0.3 is 0 Å². The zero-order valence-electron chi connectivity index (χ0n) is 14.2. The minimum Gasteiger partial charge on any atom is -0.496 e. The highest BCUT2D eigenvalue weighted by atomic mass is 16.5. The maximum absolute atomic E-state index is 12.3. The summed E-state index contributed by atoms with van der Waals surface area (Å²) in [6.45, 7) is 0.223. The summed E-state index contributed by atoms with van der Waals surface area (Å²) in [5.41, 5.74) is 0.996. The number of nitrogens with one attached hydrogen (secondary N) is 1. The molecule has 2 aliphatic rings. The molecule has 3 amide bonds. The van der Waals surface area contributed by atoms with Gasteiger partial charge in [-0.25, -0.2) is 0 Å². The lowest BCUT2D eigenvalue weighted by Crippen LogP contribution is -2.41. The number of benzene rings is 1. The molecule has 1 aromatic rings. The van der Waals surface area contributed by atoms with Gasteiger partial charge in [-0.1, -0.05) is 30.4 Å². The van der Waals surface area contributed by atoms with E-state index >= 15 is 0 Å². The number of carbonyl (C=O) groups is 3. The Labute approximate surface area is 146 Å². The highest BCUT2D eigenvalue weighted by Gasteiger charge is 2.47. The second-order valence-corrected chi connectivity index (χ2v) is 6.33. The average Bonchev–Trinajstić information content (AvgIpc) is 2.87. The number of amides is 3. The molecular formula is C19H22N2O4. The van der Waals surface area contributed by atoms with E-state index in [0.29, 0.717) is 25.8 Å². The monoisotopic (exact) mass is 342 g/mol. The molecular weight excluding hydrogens is 320 g/mol. The highest BCUT2D eigenvalue weighted by molar-refractivity contribution is 6.07. The number of nitrogens with zero attached hydrogens (tertiary/aromatic N) is 1. The molecule has 132 valence electrons. The number of hydrogen-bond donors (Lipinski definition) is 1. The lowest BCUT2D eigenvalue weighted by molar-refractivity contribution is -0.143. The van der Waals surface area contributed by atoms with Crippen LogP contribution in [0, 0.1) is 11.8 Å². The summed E-state index contributed by atoms with van der Waals surface area (Å²) < 4.78 is 5.28. The van der Waals surface area contributed by atoms with E-state index in [2.05, 4.69) is 5.32 Å². The van der Waals surface area contributed by atoms with Crippen molar-refractivity contribution in [2.75, 3.05) is 20.2 Å². The number of para-hydroxylation sites is 1. The van der Waals surface area contributed by atoms with Gasteiger partial charge < -0.3 is 10.1 Å². The van der Waals surface area contributed by atoms with Crippen molar-refractivity contribution in [3.8, 4) is 5.75 Å². The first-order chi connectivity index (χ1) is 12.1. The lowest BCUT2D eigenvalue weighted by atomic mass is 9.85. The Morgan fingerprint density at radius 1 is 1.16 bits per heavy atom. The summed E-state index contributed by atoms with van der Waals surface area (Å²) in [6.07, 6.45) is 5.65. The smallest absolute Gasteiger partial charge is 0.240 e. The van der Waals surface area contributed by atoms with Crippen molar-refractivity contribution in [2.45, 2.75) is 19.3 Å². The number of imide groups is 1. The molecule has 6 nitrogen and oxygen atoms in total. The molecule has 1 heterocycles. The van der Waals surface area contributed by atoms with Crippen LogP contribution in [0.5, 0.6) is 5.75 Å².